The Morgan fingerprint density at radius 2 is 1.65 bits per heavy atom. The summed E-state index contributed by atoms with van der Waals surface area (Å²) in [4.78, 5) is 0. The van der Waals surface area contributed by atoms with Gasteiger partial charge in [-0.2, -0.15) is 0 Å². The average Bonchev–Trinajstić information content (AvgIpc) is 2.34. The van der Waals surface area contributed by atoms with Crippen LogP contribution >= 0.6 is 0 Å². The third-order valence-corrected chi connectivity index (χ3v) is 5.88. The quantitative estimate of drug-likeness (QED) is 0.396. The highest BCUT2D eigenvalue weighted by atomic mass is 127. The third-order valence-electron chi connectivity index (χ3n) is 4.17. The van der Waals surface area contributed by atoms with Crippen LogP contribution in [-0.4, -0.2) is 32.3 Å². The molecule has 2 rings (SSSR count). The zero-order valence-electron chi connectivity index (χ0n) is 13.6. The van der Waals surface area contributed by atoms with Crippen molar-refractivity contribution in [3.63, 3.8) is 0 Å². The summed E-state index contributed by atoms with van der Waals surface area (Å²) in [7, 11) is 1.47. The molecule has 20 heavy (non-hydrogen) atoms. The molecule has 0 saturated heterocycles. The molecule has 1 unspecified atom stereocenters. The van der Waals surface area contributed by atoms with Gasteiger partial charge in [-0.25, -0.2) is 0 Å². The molecule has 1 nitrogen and oxygen atoms in total. The molecule has 0 fully saturated rings. The molecule has 0 aromatic heterocycles. The van der Waals surface area contributed by atoms with Crippen LogP contribution in [0.15, 0.2) is 24.3 Å². The van der Waals surface area contributed by atoms with Crippen molar-refractivity contribution in [2.24, 2.45) is 0 Å². The number of quaternary nitrogens is 1. The van der Waals surface area contributed by atoms with Crippen LogP contribution in [0.4, 0.5) is 0 Å². The summed E-state index contributed by atoms with van der Waals surface area (Å²) >= 11 is 0. The Bertz CT molecular complexity index is 427. The van der Waals surface area contributed by atoms with Crippen LogP contribution in [0.25, 0.3) is 0 Å². The van der Waals surface area contributed by atoms with E-state index in [9.17, 15) is 0 Å². The SMILES string of the molecule is C[N+]1(C[Si](C)(C)C)CCCCCc2ccccc2C1.[I-]. The molecule has 114 valence electrons. The highest BCUT2D eigenvalue weighted by Gasteiger charge is 2.31. The van der Waals surface area contributed by atoms with Crippen LogP contribution in [0, 0.1) is 0 Å². The van der Waals surface area contributed by atoms with Crippen LogP contribution in [0.1, 0.15) is 30.4 Å². The summed E-state index contributed by atoms with van der Waals surface area (Å²) in [6.07, 6.45) is 6.84. The van der Waals surface area contributed by atoms with Crippen molar-refractivity contribution in [2.45, 2.75) is 51.9 Å². The van der Waals surface area contributed by atoms with Crippen molar-refractivity contribution in [2.75, 3.05) is 19.8 Å². The largest absolute Gasteiger partial charge is 1.00 e. The zero-order chi connectivity index (χ0) is 13.9. The molecule has 0 aliphatic carbocycles. The minimum atomic E-state index is -1.02. The van der Waals surface area contributed by atoms with Crippen LogP contribution in [0.3, 0.4) is 0 Å². The number of hydrogen-bond acceptors (Lipinski definition) is 0. The van der Waals surface area contributed by atoms with E-state index in [4.69, 9.17) is 0 Å². The van der Waals surface area contributed by atoms with Crippen molar-refractivity contribution >= 4 is 8.07 Å². The van der Waals surface area contributed by atoms with E-state index in [1.165, 1.54) is 49.4 Å². The molecule has 1 aliphatic heterocycles. The van der Waals surface area contributed by atoms with E-state index in [1.807, 2.05) is 0 Å². The molecule has 3 heteroatoms. The smallest absolute Gasteiger partial charge is 0.110 e. The van der Waals surface area contributed by atoms with Crippen molar-refractivity contribution in [3.05, 3.63) is 35.4 Å². The standard InChI is InChI=1S/C17H30NSi.HI/c1-18(15-19(2,3)4)13-9-5-6-10-16-11-7-8-12-17(16)14-18;/h7-8,11-12H,5-6,9-10,13-15H2,1-4H3;1H/q+1;/p-1. The van der Waals surface area contributed by atoms with Crippen molar-refractivity contribution < 1.29 is 28.5 Å². The second kappa shape index (κ2) is 7.41. The molecule has 0 spiro atoms. The Balaban J connectivity index is 0.00000200. The van der Waals surface area contributed by atoms with Gasteiger partial charge in [0, 0.05) is 5.56 Å². The number of halogens is 1. The Kier molecular flexibility index (Phi) is 6.73. The van der Waals surface area contributed by atoms with Gasteiger partial charge in [0.15, 0.2) is 0 Å². The van der Waals surface area contributed by atoms with Crippen molar-refractivity contribution in [1.29, 1.82) is 0 Å². The topological polar surface area (TPSA) is 0 Å². The number of benzene rings is 1. The fraction of sp³-hybridized carbons (Fsp3) is 0.647. The van der Waals surface area contributed by atoms with E-state index in [-0.39, 0.29) is 24.0 Å². The van der Waals surface area contributed by atoms with Gasteiger partial charge in [-0.3, -0.25) is 0 Å². The first-order valence-corrected chi connectivity index (χ1v) is 11.5. The highest BCUT2D eigenvalue weighted by molar-refractivity contribution is 6.75. The molecule has 0 bridgehead atoms. The Hall–Kier alpha value is 0.127. The second-order valence-corrected chi connectivity index (χ2v) is 13.2. The summed E-state index contributed by atoms with van der Waals surface area (Å²) in [6, 6.07) is 9.13. The second-order valence-electron chi connectivity index (χ2n) is 7.80. The maximum absolute atomic E-state index is 2.51. The van der Waals surface area contributed by atoms with E-state index < -0.39 is 8.07 Å². The monoisotopic (exact) mass is 403 g/mol. The Labute approximate surface area is 143 Å². The average molecular weight is 403 g/mol. The number of hydrogen-bond donors (Lipinski definition) is 0. The summed E-state index contributed by atoms with van der Waals surface area (Å²) < 4.78 is 1.26. The van der Waals surface area contributed by atoms with Crippen LogP contribution in [0.2, 0.25) is 19.6 Å². The van der Waals surface area contributed by atoms with Crippen LogP contribution < -0.4 is 24.0 Å². The number of aryl methyl sites for hydroxylation is 1. The molecule has 0 radical (unpaired) electrons. The van der Waals surface area contributed by atoms with Gasteiger partial charge in [-0.1, -0.05) is 43.9 Å². The summed E-state index contributed by atoms with van der Waals surface area (Å²) in [5, 5.41) is 0. The lowest BCUT2D eigenvalue weighted by Crippen LogP contribution is -3.00. The van der Waals surface area contributed by atoms with E-state index in [0.29, 0.717) is 0 Å². The molecule has 0 saturated carbocycles. The molecular weight excluding hydrogens is 373 g/mol. The molecule has 0 amide bonds. The van der Waals surface area contributed by atoms with Gasteiger partial charge in [0.05, 0.1) is 19.8 Å². The first-order valence-electron chi connectivity index (χ1n) is 7.78. The lowest BCUT2D eigenvalue weighted by molar-refractivity contribution is -0.913. The molecule has 1 aromatic rings. The van der Waals surface area contributed by atoms with Gasteiger partial charge in [0.25, 0.3) is 0 Å². The predicted molar refractivity (Wildman–Crippen MR) is 87.0 cm³/mol. The van der Waals surface area contributed by atoms with Gasteiger partial charge in [0.1, 0.15) is 14.6 Å². The first-order chi connectivity index (χ1) is 8.88. The first kappa shape index (κ1) is 18.2. The zero-order valence-corrected chi connectivity index (χ0v) is 16.7. The number of rotatable bonds is 2. The van der Waals surface area contributed by atoms with Crippen molar-refractivity contribution in [3.8, 4) is 0 Å². The maximum Gasteiger partial charge on any atom is 0.110 e. The van der Waals surface area contributed by atoms with E-state index in [1.54, 1.807) is 11.1 Å². The highest BCUT2D eigenvalue weighted by Crippen LogP contribution is 2.23. The van der Waals surface area contributed by atoms with E-state index in [0.717, 1.165) is 0 Å². The number of fused-ring (bicyclic) bond motifs is 1. The Morgan fingerprint density at radius 3 is 2.30 bits per heavy atom. The summed E-state index contributed by atoms with van der Waals surface area (Å²) in [5.41, 5.74) is 3.20. The van der Waals surface area contributed by atoms with Gasteiger partial charge in [-0.15, -0.1) is 0 Å². The van der Waals surface area contributed by atoms with E-state index >= 15 is 0 Å². The van der Waals surface area contributed by atoms with Gasteiger partial charge < -0.3 is 28.5 Å². The molecular formula is C17H30INSi. The van der Waals surface area contributed by atoms with Crippen LogP contribution in [0.5, 0.6) is 0 Å². The number of nitrogens with zero attached hydrogens (tertiary/aromatic N) is 1. The lowest BCUT2D eigenvalue weighted by atomic mass is 10.0. The maximum atomic E-state index is 2.51. The molecule has 1 atom stereocenters. The predicted octanol–water partition coefficient (Wildman–Crippen LogP) is 1.24. The van der Waals surface area contributed by atoms with Gasteiger partial charge >= 0.3 is 0 Å². The third kappa shape index (κ3) is 5.49. The molecule has 1 heterocycles. The lowest BCUT2D eigenvalue weighted by Gasteiger charge is -2.39. The van der Waals surface area contributed by atoms with Gasteiger partial charge in [-0.05, 0) is 31.2 Å². The fourth-order valence-corrected chi connectivity index (χ4v) is 6.27. The van der Waals surface area contributed by atoms with Gasteiger partial charge in [0.2, 0.25) is 0 Å². The Morgan fingerprint density at radius 1 is 1.00 bits per heavy atom. The normalized spacial score (nSPS) is 23.8. The molecule has 0 N–H and O–H groups in total. The van der Waals surface area contributed by atoms with Crippen molar-refractivity contribution in [1.82, 2.24) is 0 Å². The van der Waals surface area contributed by atoms with Crippen LogP contribution in [-0.2, 0) is 13.0 Å². The van der Waals surface area contributed by atoms with E-state index in [2.05, 4.69) is 51.0 Å². The summed E-state index contributed by atoms with van der Waals surface area (Å²) in [6.45, 7) is 10.1. The molecule has 1 aliphatic rings. The minimum absolute atomic E-state index is 0. The fourth-order valence-electron chi connectivity index (χ4n) is 3.71. The summed E-state index contributed by atoms with van der Waals surface area (Å²) in [5.74, 6) is 0. The minimum Gasteiger partial charge on any atom is -1.00 e. The molecule has 1 aromatic carbocycles.